The van der Waals surface area contributed by atoms with Crippen LogP contribution in [-0.4, -0.2) is 34.9 Å². The molecule has 0 atom stereocenters. The molecule has 1 aromatic rings. The number of oxime groups is 1. The second kappa shape index (κ2) is 7.35. The predicted octanol–water partition coefficient (Wildman–Crippen LogP) is 2.70. The van der Waals surface area contributed by atoms with E-state index in [2.05, 4.69) is 21.1 Å². The Morgan fingerprint density at radius 1 is 1.53 bits per heavy atom. The van der Waals surface area contributed by atoms with Gasteiger partial charge in [0.2, 0.25) is 0 Å². The zero-order valence-electron chi connectivity index (χ0n) is 10.4. The number of rotatable bonds is 5. The molecule has 1 rings (SSSR count). The number of nitrogens with zero attached hydrogens (tertiary/aromatic N) is 2. The van der Waals surface area contributed by atoms with Crippen molar-refractivity contribution >= 4 is 39.3 Å². The van der Waals surface area contributed by atoms with Crippen LogP contribution in [0.2, 0.25) is 5.02 Å². The minimum Gasteiger partial charge on any atom is -0.409 e. The summed E-state index contributed by atoms with van der Waals surface area (Å²) >= 11 is 9.22. The van der Waals surface area contributed by atoms with E-state index in [-0.39, 0.29) is 11.7 Å². The number of amides is 1. The van der Waals surface area contributed by atoms with Gasteiger partial charge in [-0.1, -0.05) is 32.7 Å². The number of hydrogen-bond acceptors (Lipinski definition) is 3. The standard InChI is InChI=1S/C12H15BrClN3O2/c1-2-17(4-3-11(15)16-19)12(18)8-5-9(13)7-10(14)6-8/h5-7,19H,2-4H2,1H3,(H2,15,16). The molecule has 0 saturated carbocycles. The lowest BCUT2D eigenvalue weighted by Gasteiger charge is -2.20. The van der Waals surface area contributed by atoms with Crippen LogP contribution in [0, 0.1) is 0 Å². The first-order valence-electron chi connectivity index (χ1n) is 5.69. The number of halogens is 2. The van der Waals surface area contributed by atoms with Gasteiger partial charge in [0.1, 0.15) is 5.84 Å². The Morgan fingerprint density at radius 3 is 2.74 bits per heavy atom. The first-order chi connectivity index (χ1) is 8.97. The lowest BCUT2D eigenvalue weighted by molar-refractivity contribution is 0.0768. The maximum Gasteiger partial charge on any atom is 0.253 e. The van der Waals surface area contributed by atoms with Gasteiger partial charge in [0.05, 0.1) is 0 Å². The molecule has 1 aromatic carbocycles. The van der Waals surface area contributed by atoms with E-state index in [0.29, 0.717) is 30.1 Å². The Morgan fingerprint density at radius 2 is 2.21 bits per heavy atom. The van der Waals surface area contributed by atoms with Gasteiger partial charge in [0, 0.05) is 34.6 Å². The SMILES string of the molecule is CCN(CC/C(N)=N/O)C(=O)c1cc(Cl)cc(Br)c1. The van der Waals surface area contributed by atoms with Crippen LogP contribution in [-0.2, 0) is 0 Å². The van der Waals surface area contributed by atoms with E-state index in [1.807, 2.05) is 6.92 Å². The molecule has 0 unspecified atom stereocenters. The lowest BCUT2D eigenvalue weighted by atomic mass is 10.2. The molecule has 0 saturated heterocycles. The highest BCUT2D eigenvalue weighted by Crippen LogP contribution is 2.20. The van der Waals surface area contributed by atoms with Crippen molar-refractivity contribution in [1.29, 1.82) is 0 Å². The van der Waals surface area contributed by atoms with Gasteiger partial charge in [-0.3, -0.25) is 4.79 Å². The van der Waals surface area contributed by atoms with Crippen molar-refractivity contribution in [3.8, 4) is 0 Å². The van der Waals surface area contributed by atoms with Crippen LogP contribution in [0.1, 0.15) is 23.7 Å². The largest absolute Gasteiger partial charge is 0.409 e. The maximum absolute atomic E-state index is 12.3. The van der Waals surface area contributed by atoms with Crippen molar-refractivity contribution in [2.45, 2.75) is 13.3 Å². The third kappa shape index (κ3) is 4.72. The van der Waals surface area contributed by atoms with Crippen molar-refractivity contribution in [2.24, 2.45) is 10.9 Å². The fourth-order valence-electron chi connectivity index (χ4n) is 1.56. The average Bonchev–Trinajstić information content (AvgIpc) is 2.37. The van der Waals surface area contributed by atoms with Crippen LogP contribution in [0.25, 0.3) is 0 Å². The molecule has 104 valence electrons. The quantitative estimate of drug-likeness (QED) is 0.372. The third-order valence-corrected chi connectivity index (χ3v) is 3.22. The molecule has 0 bridgehead atoms. The molecular formula is C12H15BrClN3O2. The molecule has 0 fully saturated rings. The highest BCUT2D eigenvalue weighted by Gasteiger charge is 2.15. The van der Waals surface area contributed by atoms with Gasteiger partial charge < -0.3 is 15.8 Å². The van der Waals surface area contributed by atoms with Gasteiger partial charge in [-0.2, -0.15) is 0 Å². The van der Waals surface area contributed by atoms with Crippen molar-refractivity contribution in [2.75, 3.05) is 13.1 Å². The zero-order valence-corrected chi connectivity index (χ0v) is 12.8. The minimum atomic E-state index is -0.142. The van der Waals surface area contributed by atoms with Gasteiger partial charge in [0.15, 0.2) is 0 Å². The number of carbonyl (C=O) groups is 1. The van der Waals surface area contributed by atoms with Crippen LogP contribution >= 0.6 is 27.5 Å². The Kier molecular flexibility index (Phi) is 6.11. The van der Waals surface area contributed by atoms with Crippen LogP contribution in [0.3, 0.4) is 0 Å². The van der Waals surface area contributed by atoms with E-state index < -0.39 is 0 Å². The van der Waals surface area contributed by atoms with Crippen LogP contribution in [0.5, 0.6) is 0 Å². The summed E-state index contributed by atoms with van der Waals surface area (Å²) in [5.41, 5.74) is 5.90. The second-order valence-electron chi connectivity index (χ2n) is 3.88. The van der Waals surface area contributed by atoms with E-state index in [0.717, 1.165) is 4.47 Å². The normalized spacial score (nSPS) is 11.4. The van der Waals surface area contributed by atoms with E-state index in [1.165, 1.54) is 0 Å². The van der Waals surface area contributed by atoms with Crippen molar-refractivity contribution in [1.82, 2.24) is 4.90 Å². The molecular weight excluding hydrogens is 334 g/mol. The van der Waals surface area contributed by atoms with Crippen LogP contribution in [0.15, 0.2) is 27.8 Å². The van der Waals surface area contributed by atoms with E-state index >= 15 is 0 Å². The monoisotopic (exact) mass is 347 g/mol. The summed E-state index contributed by atoms with van der Waals surface area (Å²) in [6.45, 7) is 2.78. The smallest absolute Gasteiger partial charge is 0.253 e. The number of hydrogen-bond donors (Lipinski definition) is 2. The summed E-state index contributed by atoms with van der Waals surface area (Å²) in [6.07, 6.45) is 0.317. The summed E-state index contributed by atoms with van der Waals surface area (Å²) in [4.78, 5) is 13.9. The Balaban J connectivity index is 2.83. The third-order valence-electron chi connectivity index (χ3n) is 2.54. The van der Waals surface area contributed by atoms with Gasteiger partial charge in [-0.25, -0.2) is 0 Å². The first kappa shape index (κ1) is 15.8. The number of nitrogens with two attached hydrogens (primary N) is 1. The zero-order chi connectivity index (χ0) is 14.4. The molecule has 0 aliphatic rings. The number of benzene rings is 1. The van der Waals surface area contributed by atoms with Crippen molar-refractivity contribution in [3.05, 3.63) is 33.3 Å². The van der Waals surface area contributed by atoms with Gasteiger partial charge in [-0.05, 0) is 25.1 Å². The van der Waals surface area contributed by atoms with Gasteiger partial charge in [-0.15, -0.1) is 0 Å². The number of amidine groups is 1. The summed E-state index contributed by atoms with van der Waals surface area (Å²) < 4.78 is 0.746. The summed E-state index contributed by atoms with van der Waals surface area (Å²) in [5, 5.41) is 11.9. The fourth-order valence-corrected chi connectivity index (χ4v) is 2.42. The minimum absolute atomic E-state index is 0.0959. The summed E-state index contributed by atoms with van der Waals surface area (Å²) in [5.74, 6) is -0.0463. The molecule has 0 spiro atoms. The average molecular weight is 349 g/mol. The molecule has 0 aliphatic carbocycles. The Hall–Kier alpha value is -1.27. The molecule has 0 radical (unpaired) electrons. The molecule has 5 nitrogen and oxygen atoms in total. The highest BCUT2D eigenvalue weighted by molar-refractivity contribution is 9.10. The van der Waals surface area contributed by atoms with E-state index in [9.17, 15) is 4.79 Å². The molecule has 7 heteroatoms. The fraction of sp³-hybridized carbons (Fsp3) is 0.333. The molecule has 1 amide bonds. The van der Waals surface area contributed by atoms with Crippen LogP contribution < -0.4 is 5.73 Å². The number of carbonyl (C=O) groups excluding carboxylic acids is 1. The highest BCUT2D eigenvalue weighted by atomic mass is 79.9. The van der Waals surface area contributed by atoms with Crippen molar-refractivity contribution < 1.29 is 10.0 Å². The maximum atomic E-state index is 12.3. The topological polar surface area (TPSA) is 78.9 Å². The van der Waals surface area contributed by atoms with E-state index in [4.69, 9.17) is 22.5 Å². The Bertz CT molecular complexity index is 474. The molecule has 0 aliphatic heterocycles. The predicted molar refractivity (Wildman–Crippen MR) is 78.8 cm³/mol. The molecule has 3 N–H and O–H groups in total. The summed E-state index contributed by atoms with van der Waals surface area (Å²) in [6, 6.07) is 5.03. The Labute approximate surface area is 125 Å². The van der Waals surface area contributed by atoms with Gasteiger partial charge in [0.25, 0.3) is 5.91 Å². The summed E-state index contributed by atoms with van der Waals surface area (Å²) in [7, 11) is 0. The molecule has 0 heterocycles. The lowest BCUT2D eigenvalue weighted by Crippen LogP contribution is -2.34. The first-order valence-corrected chi connectivity index (χ1v) is 6.86. The van der Waals surface area contributed by atoms with Gasteiger partial charge >= 0.3 is 0 Å². The molecule has 0 aromatic heterocycles. The molecule has 19 heavy (non-hydrogen) atoms. The van der Waals surface area contributed by atoms with E-state index in [1.54, 1.807) is 23.1 Å². The van der Waals surface area contributed by atoms with Crippen molar-refractivity contribution in [3.63, 3.8) is 0 Å². The van der Waals surface area contributed by atoms with Crippen LogP contribution in [0.4, 0.5) is 0 Å². The second-order valence-corrected chi connectivity index (χ2v) is 5.24.